The third kappa shape index (κ3) is 3.45. The Bertz CT molecular complexity index is 660. The van der Waals surface area contributed by atoms with Crippen molar-refractivity contribution in [2.24, 2.45) is 5.73 Å². The van der Waals surface area contributed by atoms with E-state index in [0.29, 0.717) is 11.3 Å². The highest BCUT2D eigenvalue weighted by Gasteiger charge is 2.20. The fraction of sp³-hybridized carbons (Fsp3) is 0.308. The largest absolute Gasteiger partial charge is 0.461 e. The van der Waals surface area contributed by atoms with E-state index in [1.807, 2.05) is 0 Å². The first-order valence-corrected chi connectivity index (χ1v) is 7.09. The highest BCUT2D eigenvalue weighted by molar-refractivity contribution is 9.10. The Morgan fingerprint density at radius 3 is 2.95 bits per heavy atom. The summed E-state index contributed by atoms with van der Waals surface area (Å²) in [6, 6.07) is 4.34. The summed E-state index contributed by atoms with van der Waals surface area (Å²) in [5, 5.41) is 7.70. The van der Waals surface area contributed by atoms with Crippen LogP contribution in [0.2, 0.25) is 0 Å². The fourth-order valence-electron chi connectivity index (χ4n) is 1.85. The number of nitrogens with zero attached hydrogens (tertiary/aromatic N) is 3. The highest BCUT2D eigenvalue weighted by atomic mass is 79.9. The second kappa shape index (κ2) is 6.77. The summed E-state index contributed by atoms with van der Waals surface area (Å²) in [6.07, 6.45) is 0. The van der Waals surface area contributed by atoms with Gasteiger partial charge in [0.1, 0.15) is 5.82 Å². The molecule has 1 heterocycles. The number of carbonyl (C=O) groups is 1. The number of hydrogen-bond acceptors (Lipinski definition) is 5. The summed E-state index contributed by atoms with van der Waals surface area (Å²) in [4.78, 5) is 11.7. The van der Waals surface area contributed by atoms with Crippen molar-refractivity contribution in [2.75, 3.05) is 6.61 Å². The van der Waals surface area contributed by atoms with Crippen molar-refractivity contribution >= 4 is 21.9 Å². The molecule has 0 fully saturated rings. The number of aromatic nitrogens is 3. The lowest BCUT2D eigenvalue weighted by Crippen LogP contribution is -2.15. The average molecular weight is 357 g/mol. The topological polar surface area (TPSA) is 83.0 Å². The molecule has 2 aromatic rings. The summed E-state index contributed by atoms with van der Waals surface area (Å²) >= 11 is 3.34. The zero-order chi connectivity index (χ0) is 15.4. The van der Waals surface area contributed by atoms with Crippen LogP contribution in [0.25, 0.3) is 0 Å². The first-order valence-electron chi connectivity index (χ1n) is 6.30. The summed E-state index contributed by atoms with van der Waals surface area (Å²) in [5.41, 5.74) is 6.87. The molecule has 0 aliphatic heterocycles. The first-order chi connectivity index (χ1) is 10.1. The molecule has 21 heavy (non-hydrogen) atoms. The Balaban J connectivity index is 2.32. The van der Waals surface area contributed by atoms with Gasteiger partial charge in [-0.05, 0) is 30.7 Å². The number of hydrogen-bond donors (Lipinski definition) is 1. The van der Waals surface area contributed by atoms with Crippen LogP contribution in [-0.2, 0) is 17.8 Å². The number of halogens is 2. The molecule has 0 atom stereocenters. The van der Waals surface area contributed by atoms with Gasteiger partial charge in [-0.15, -0.1) is 5.10 Å². The summed E-state index contributed by atoms with van der Waals surface area (Å²) in [5.74, 6) is -0.921. The molecule has 0 aliphatic carbocycles. The molecule has 112 valence electrons. The Hall–Kier alpha value is -1.80. The molecule has 0 amide bonds. The van der Waals surface area contributed by atoms with E-state index in [1.165, 1.54) is 16.8 Å². The Labute approximate surface area is 129 Å². The maximum atomic E-state index is 13.3. The van der Waals surface area contributed by atoms with E-state index < -0.39 is 5.97 Å². The number of rotatable bonds is 5. The molecule has 8 heteroatoms. The van der Waals surface area contributed by atoms with Crippen LogP contribution in [0, 0.1) is 5.82 Å². The van der Waals surface area contributed by atoms with Gasteiger partial charge in [0.05, 0.1) is 18.8 Å². The second-order valence-electron chi connectivity index (χ2n) is 4.20. The third-order valence-corrected chi connectivity index (χ3v) is 3.60. The Kier molecular flexibility index (Phi) is 5.03. The Morgan fingerprint density at radius 1 is 1.52 bits per heavy atom. The normalized spacial score (nSPS) is 10.7. The quantitative estimate of drug-likeness (QED) is 0.826. The van der Waals surface area contributed by atoms with Gasteiger partial charge in [0.25, 0.3) is 0 Å². The van der Waals surface area contributed by atoms with Gasteiger partial charge in [-0.3, -0.25) is 0 Å². The van der Waals surface area contributed by atoms with Crippen LogP contribution in [0.1, 0.15) is 28.7 Å². The molecular weight excluding hydrogens is 343 g/mol. The van der Waals surface area contributed by atoms with Crippen LogP contribution in [0.15, 0.2) is 22.7 Å². The van der Waals surface area contributed by atoms with E-state index in [0.717, 1.165) is 4.47 Å². The Morgan fingerprint density at radius 2 is 2.29 bits per heavy atom. The molecule has 6 nitrogen and oxygen atoms in total. The molecule has 0 radical (unpaired) electrons. The van der Waals surface area contributed by atoms with Gasteiger partial charge >= 0.3 is 5.97 Å². The lowest BCUT2D eigenvalue weighted by molar-refractivity contribution is 0.0518. The molecule has 0 unspecified atom stereocenters. The monoisotopic (exact) mass is 356 g/mol. The minimum Gasteiger partial charge on any atom is -0.461 e. The van der Waals surface area contributed by atoms with Gasteiger partial charge in [0, 0.05) is 11.0 Å². The SMILES string of the molecule is CCOC(=O)c1nnn(Cc2cc(F)ccc2Br)c1CN. The van der Waals surface area contributed by atoms with Crippen molar-refractivity contribution in [1.82, 2.24) is 15.0 Å². The predicted molar refractivity (Wildman–Crippen MR) is 77.1 cm³/mol. The summed E-state index contributed by atoms with van der Waals surface area (Å²) in [6.45, 7) is 2.27. The molecule has 1 aromatic heterocycles. The zero-order valence-corrected chi connectivity index (χ0v) is 12.9. The van der Waals surface area contributed by atoms with Gasteiger partial charge in [0.15, 0.2) is 5.69 Å². The van der Waals surface area contributed by atoms with E-state index in [4.69, 9.17) is 10.5 Å². The van der Waals surface area contributed by atoms with Gasteiger partial charge in [-0.1, -0.05) is 21.1 Å². The van der Waals surface area contributed by atoms with Crippen molar-refractivity contribution in [1.29, 1.82) is 0 Å². The van der Waals surface area contributed by atoms with Gasteiger partial charge in [0.2, 0.25) is 0 Å². The minimum atomic E-state index is -0.567. The average Bonchev–Trinajstić information content (AvgIpc) is 2.86. The molecule has 2 rings (SSSR count). The number of benzene rings is 1. The predicted octanol–water partition coefficient (Wildman–Crippen LogP) is 1.86. The van der Waals surface area contributed by atoms with Gasteiger partial charge in [-0.25, -0.2) is 13.9 Å². The van der Waals surface area contributed by atoms with Crippen LogP contribution in [0.5, 0.6) is 0 Å². The van der Waals surface area contributed by atoms with Crippen LogP contribution >= 0.6 is 15.9 Å². The zero-order valence-electron chi connectivity index (χ0n) is 11.3. The fourth-order valence-corrected chi connectivity index (χ4v) is 2.22. The number of nitrogens with two attached hydrogens (primary N) is 1. The van der Waals surface area contributed by atoms with Gasteiger partial charge in [-0.2, -0.15) is 0 Å². The van der Waals surface area contributed by atoms with E-state index >= 15 is 0 Å². The molecule has 2 N–H and O–H groups in total. The van der Waals surface area contributed by atoms with Crippen molar-refractivity contribution in [3.63, 3.8) is 0 Å². The van der Waals surface area contributed by atoms with Crippen molar-refractivity contribution < 1.29 is 13.9 Å². The standard InChI is InChI=1S/C13H14BrFN4O2/c1-2-21-13(20)12-11(6-16)19(18-17-12)7-8-5-9(15)3-4-10(8)14/h3-5H,2,6-7,16H2,1H3. The molecule has 1 aromatic carbocycles. The number of esters is 1. The lowest BCUT2D eigenvalue weighted by Gasteiger charge is -2.08. The first kappa shape index (κ1) is 15.6. The van der Waals surface area contributed by atoms with Crippen LogP contribution in [0.3, 0.4) is 0 Å². The summed E-state index contributed by atoms with van der Waals surface area (Å²) < 4.78 is 20.4. The van der Waals surface area contributed by atoms with Crippen LogP contribution in [0.4, 0.5) is 4.39 Å². The second-order valence-corrected chi connectivity index (χ2v) is 5.06. The van der Waals surface area contributed by atoms with E-state index in [9.17, 15) is 9.18 Å². The van der Waals surface area contributed by atoms with E-state index in [-0.39, 0.29) is 31.2 Å². The van der Waals surface area contributed by atoms with Crippen molar-refractivity contribution in [3.05, 3.63) is 45.4 Å². The molecule has 0 saturated carbocycles. The van der Waals surface area contributed by atoms with Crippen LogP contribution in [-0.4, -0.2) is 27.6 Å². The minimum absolute atomic E-state index is 0.0775. The number of ether oxygens (including phenoxy) is 1. The molecule has 0 bridgehead atoms. The van der Waals surface area contributed by atoms with E-state index in [1.54, 1.807) is 13.0 Å². The molecular formula is C13H14BrFN4O2. The summed E-state index contributed by atoms with van der Waals surface area (Å²) in [7, 11) is 0. The van der Waals surface area contributed by atoms with Crippen LogP contribution < -0.4 is 5.73 Å². The number of carbonyl (C=O) groups excluding carboxylic acids is 1. The van der Waals surface area contributed by atoms with Gasteiger partial charge < -0.3 is 10.5 Å². The molecule has 0 spiro atoms. The molecule has 0 aliphatic rings. The maximum absolute atomic E-state index is 13.3. The van der Waals surface area contributed by atoms with Crippen molar-refractivity contribution in [2.45, 2.75) is 20.0 Å². The lowest BCUT2D eigenvalue weighted by atomic mass is 10.2. The molecule has 0 saturated heterocycles. The highest BCUT2D eigenvalue weighted by Crippen LogP contribution is 2.20. The smallest absolute Gasteiger partial charge is 0.360 e. The van der Waals surface area contributed by atoms with E-state index in [2.05, 4.69) is 26.2 Å². The third-order valence-electron chi connectivity index (χ3n) is 2.83. The van der Waals surface area contributed by atoms with Crippen molar-refractivity contribution in [3.8, 4) is 0 Å². The maximum Gasteiger partial charge on any atom is 0.360 e.